The summed E-state index contributed by atoms with van der Waals surface area (Å²) >= 11 is 5.82. The Morgan fingerprint density at radius 3 is 2.48 bits per heavy atom. The Bertz CT molecular complexity index is 842. The second kappa shape index (κ2) is 9.54. The van der Waals surface area contributed by atoms with E-state index in [4.69, 9.17) is 22.1 Å². The fourth-order valence-electron chi connectivity index (χ4n) is 1.96. The molecule has 2 rings (SSSR count). The monoisotopic (exact) mass is 396 g/mol. The first kappa shape index (κ1) is 20.2. The third-order valence-electron chi connectivity index (χ3n) is 3.10. The fraction of sp³-hybridized carbons (Fsp3) is 0.111. The first-order valence-corrected chi connectivity index (χ1v) is 7.96. The van der Waals surface area contributed by atoms with Gasteiger partial charge in [-0.3, -0.25) is 9.59 Å². The van der Waals surface area contributed by atoms with Crippen molar-refractivity contribution in [2.24, 2.45) is 5.73 Å². The van der Waals surface area contributed by atoms with E-state index in [1.54, 1.807) is 30.3 Å². The molecule has 0 saturated carbocycles. The number of amides is 2. The molecule has 3 N–H and O–H groups in total. The molecular weight excluding hydrogens is 382 g/mol. The highest BCUT2D eigenvalue weighted by atomic mass is 35.5. The van der Waals surface area contributed by atoms with Gasteiger partial charge in [-0.25, -0.2) is 0 Å². The number of hydrogen-bond acceptors (Lipinski definition) is 4. The molecule has 9 heteroatoms. The van der Waals surface area contributed by atoms with Crippen LogP contribution in [0.15, 0.2) is 48.5 Å². The topological polar surface area (TPSA) is 90.7 Å². The van der Waals surface area contributed by atoms with Crippen molar-refractivity contribution in [3.63, 3.8) is 0 Å². The van der Waals surface area contributed by atoms with Crippen LogP contribution >= 0.6 is 11.6 Å². The van der Waals surface area contributed by atoms with Crippen LogP contribution in [0.1, 0.15) is 5.56 Å². The Balaban J connectivity index is 1.93. The Kier molecular flexibility index (Phi) is 7.13. The molecule has 0 aliphatic carbocycles. The number of nitrogens with two attached hydrogens (primary N) is 1. The molecule has 0 fully saturated rings. The molecule has 2 aromatic carbocycles. The number of carbonyl (C=O) groups excluding carboxylic acids is 2. The quantitative estimate of drug-likeness (QED) is 0.668. The number of ether oxygens (including phenoxy) is 2. The van der Waals surface area contributed by atoms with E-state index in [2.05, 4.69) is 10.1 Å². The number of alkyl halides is 2. The van der Waals surface area contributed by atoms with Gasteiger partial charge in [0.15, 0.2) is 6.61 Å². The van der Waals surface area contributed by atoms with Crippen molar-refractivity contribution in [2.45, 2.75) is 6.61 Å². The van der Waals surface area contributed by atoms with Gasteiger partial charge in [0.25, 0.3) is 5.91 Å². The molecule has 0 unspecified atom stereocenters. The predicted molar refractivity (Wildman–Crippen MR) is 96.9 cm³/mol. The smallest absolute Gasteiger partial charge is 0.387 e. The summed E-state index contributed by atoms with van der Waals surface area (Å²) < 4.78 is 33.7. The van der Waals surface area contributed by atoms with E-state index < -0.39 is 18.4 Å². The second-order valence-electron chi connectivity index (χ2n) is 5.17. The van der Waals surface area contributed by atoms with Gasteiger partial charge in [-0.15, -0.1) is 0 Å². The molecule has 0 atom stereocenters. The maximum Gasteiger partial charge on any atom is 0.387 e. The molecule has 0 aromatic heterocycles. The highest BCUT2D eigenvalue weighted by molar-refractivity contribution is 6.32. The Labute approximate surface area is 158 Å². The molecule has 0 radical (unpaired) electrons. The number of hydrogen-bond donors (Lipinski definition) is 2. The maximum absolute atomic E-state index is 12.2. The highest BCUT2D eigenvalue weighted by Gasteiger charge is 2.09. The van der Waals surface area contributed by atoms with Crippen LogP contribution in [0.5, 0.6) is 11.5 Å². The molecule has 2 aromatic rings. The van der Waals surface area contributed by atoms with Crippen LogP contribution in [-0.2, 0) is 9.59 Å². The summed E-state index contributed by atoms with van der Waals surface area (Å²) in [5.41, 5.74) is 6.03. The summed E-state index contributed by atoms with van der Waals surface area (Å²) in [6, 6.07) is 10.6. The van der Waals surface area contributed by atoms with Crippen molar-refractivity contribution in [2.75, 3.05) is 11.9 Å². The molecule has 0 spiro atoms. The van der Waals surface area contributed by atoms with Crippen LogP contribution in [0.3, 0.4) is 0 Å². The lowest BCUT2D eigenvalue weighted by molar-refractivity contribution is -0.120. The fourth-order valence-corrected chi connectivity index (χ4v) is 2.18. The van der Waals surface area contributed by atoms with E-state index in [1.807, 2.05) is 0 Å². The van der Waals surface area contributed by atoms with Gasteiger partial charge >= 0.3 is 6.61 Å². The van der Waals surface area contributed by atoms with Gasteiger partial charge in [0.2, 0.25) is 5.91 Å². The Morgan fingerprint density at radius 1 is 1.19 bits per heavy atom. The van der Waals surface area contributed by atoms with Crippen LogP contribution in [-0.4, -0.2) is 25.0 Å². The molecule has 2 amide bonds. The lowest BCUT2D eigenvalue weighted by atomic mass is 10.2. The minimum Gasteiger partial charge on any atom is -0.484 e. The minimum absolute atomic E-state index is 0.0522. The maximum atomic E-state index is 12.2. The molecular formula is C18H15ClF2N2O4. The zero-order valence-corrected chi connectivity index (χ0v) is 14.6. The van der Waals surface area contributed by atoms with Crippen molar-refractivity contribution in [1.29, 1.82) is 0 Å². The van der Waals surface area contributed by atoms with Gasteiger partial charge in [-0.2, -0.15) is 8.78 Å². The summed E-state index contributed by atoms with van der Waals surface area (Å²) in [6.45, 7) is -3.21. The number of carbonyl (C=O) groups is 2. The van der Waals surface area contributed by atoms with Crippen molar-refractivity contribution < 1.29 is 27.8 Å². The number of nitrogens with one attached hydrogen (secondary N) is 1. The molecule has 0 bridgehead atoms. The molecule has 142 valence electrons. The molecule has 0 aliphatic rings. The lowest BCUT2D eigenvalue weighted by Gasteiger charge is -2.08. The van der Waals surface area contributed by atoms with E-state index in [0.717, 1.165) is 5.56 Å². The van der Waals surface area contributed by atoms with Crippen molar-refractivity contribution in [3.05, 3.63) is 59.1 Å². The van der Waals surface area contributed by atoms with E-state index in [1.165, 1.54) is 24.3 Å². The van der Waals surface area contributed by atoms with Gasteiger partial charge in [0.05, 0.1) is 5.02 Å². The largest absolute Gasteiger partial charge is 0.484 e. The predicted octanol–water partition coefficient (Wildman–Crippen LogP) is 3.46. The standard InChI is InChI=1S/C18H15ClF2N2O4/c19-14-9-12(4-7-15(14)27-18(20)21)23-17(25)8-3-11-1-5-13(6-2-11)26-10-16(22)24/h1-9,18H,10H2,(H2,22,24)(H,23,25). The molecule has 27 heavy (non-hydrogen) atoms. The molecule has 0 heterocycles. The summed E-state index contributed by atoms with van der Waals surface area (Å²) in [4.78, 5) is 22.6. The number of halogens is 3. The Morgan fingerprint density at radius 2 is 1.89 bits per heavy atom. The van der Waals surface area contributed by atoms with E-state index in [9.17, 15) is 18.4 Å². The average molecular weight is 397 g/mol. The number of benzene rings is 2. The van der Waals surface area contributed by atoms with Crippen LogP contribution < -0.4 is 20.5 Å². The van der Waals surface area contributed by atoms with Gasteiger partial charge in [0.1, 0.15) is 11.5 Å². The zero-order valence-electron chi connectivity index (χ0n) is 13.8. The zero-order chi connectivity index (χ0) is 19.8. The van der Waals surface area contributed by atoms with Gasteiger partial charge in [-0.05, 0) is 42.0 Å². The number of primary amides is 1. The molecule has 0 aliphatic heterocycles. The summed E-state index contributed by atoms with van der Waals surface area (Å²) in [7, 11) is 0. The third kappa shape index (κ3) is 6.95. The van der Waals surface area contributed by atoms with Gasteiger partial charge in [-0.1, -0.05) is 23.7 Å². The SMILES string of the molecule is NC(=O)COc1ccc(C=CC(=O)Nc2ccc(OC(F)F)c(Cl)c2)cc1. The summed E-state index contributed by atoms with van der Waals surface area (Å²) in [6.07, 6.45) is 2.85. The summed E-state index contributed by atoms with van der Waals surface area (Å²) in [5.74, 6) is -0.734. The summed E-state index contributed by atoms with van der Waals surface area (Å²) in [5, 5.41) is 2.50. The van der Waals surface area contributed by atoms with Gasteiger partial charge in [0, 0.05) is 11.8 Å². The second-order valence-corrected chi connectivity index (χ2v) is 5.58. The van der Waals surface area contributed by atoms with Crippen LogP contribution in [0.2, 0.25) is 5.02 Å². The lowest BCUT2D eigenvalue weighted by Crippen LogP contribution is -2.19. The molecule has 6 nitrogen and oxygen atoms in total. The van der Waals surface area contributed by atoms with Crippen molar-refractivity contribution in [1.82, 2.24) is 0 Å². The van der Waals surface area contributed by atoms with Gasteiger partial charge < -0.3 is 20.5 Å². The van der Waals surface area contributed by atoms with E-state index in [0.29, 0.717) is 11.4 Å². The van der Waals surface area contributed by atoms with E-state index >= 15 is 0 Å². The first-order valence-electron chi connectivity index (χ1n) is 7.58. The average Bonchev–Trinajstić information content (AvgIpc) is 2.61. The van der Waals surface area contributed by atoms with Crippen molar-refractivity contribution >= 4 is 35.2 Å². The normalized spacial score (nSPS) is 10.8. The van der Waals surface area contributed by atoms with Crippen LogP contribution in [0, 0.1) is 0 Å². The highest BCUT2D eigenvalue weighted by Crippen LogP contribution is 2.28. The van der Waals surface area contributed by atoms with Crippen molar-refractivity contribution in [3.8, 4) is 11.5 Å². The third-order valence-corrected chi connectivity index (χ3v) is 3.40. The number of anilines is 1. The number of rotatable bonds is 8. The van der Waals surface area contributed by atoms with E-state index in [-0.39, 0.29) is 17.4 Å². The Hall–Kier alpha value is -3.13. The van der Waals surface area contributed by atoms with Crippen LogP contribution in [0.25, 0.3) is 6.08 Å². The molecule has 0 saturated heterocycles. The minimum atomic E-state index is -2.99. The first-order chi connectivity index (χ1) is 12.8. The van der Waals surface area contributed by atoms with Crippen LogP contribution in [0.4, 0.5) is 14.5 Å².